The van der Waals surface area contributed by atoms with Crippen LogP contribution in [0.15, 0.2) is 35.1 Å². The molecule has 5 heteroatoms. The van der Waals surface area contributed by atoms with Gasteiger partial charge in [-0.15, -0.1) is 0 Å². The zero-order chi connectivity index (χ0) is 13.1. The lowest BCUT2D eigenvalue weighted by Crippen LogP contribution is -2.13. The molecule has 0 fully saturated rings. The molecule has 0 saturated heterocycles. The van der Waals surface area contributed by atoms with Crippen LogP contribution in [0.1, 0.15) is 31.3 Å². The van der Waals surface area contributed by atoms with E-state index in [2.05, 4.69) is 25.9 Å². The molecule has 0 aliphatic heterocycles. The van der Waals surface area contributed by atoms with Gasteiger partial charge in [-0.2, -0.15) is 0 Å². The van der Waals surface area contributed by atoms with Crippen LogP contribution in [0.25, 0.3) is 0 Å². The summed E-state index contributed by atoms with van der Waals surface area (Å²) in [4.78, 5) is 7.27. The average molecular weight is 310 g/mol. The molecular formula is C13H16BrN3O. The molecule has 2 rings (SSSR count). The summed E-state index contributed by atoms with van der Waals surface area (Å²) in [5.41, 5.74) is 7.12. The summed E-state index contributed by atoms with van der Waals surface area (Å²) >= 11 is 3.32. The first kappa shape index (κ1) is 13.1. The predicted molar refractivity (Wildman–Crippen MR) is 74.5 cm³/mol. The fraction of sp³-hybridized carbons (Fsp3) is 0.308. The molecule has 2 aromatic rings. The van der Waals surface area contributed by atoms with Crippen LogP contribution in [0.4, 0.5) is 0 Å². The Hall–Kier alpha value is -1.33. The van der Waals surface area contributed by atoms with Gasteiger partial charge in [-0.05, 0) is 47.5 Å². The normalized spacial score (nSPS) is 12.7. The van der Waals surface area contributed by atoms with Gasteiger partial charge in [0.05, 0.1) is 18.3 Å². The summed E-state index contributed by atoms with van der Waals surface area (Å²) in [6, 6.07) is 7.50. The van der Waals surface area contributed by atoms with Crippen LogP contribution in [-0.2, 0) is 0 Å². The number of halogens is 1. The largest absolute Gasteiger partial charge is 0.491 e. The molecule has 96 valence electrons. The zero-order valence-corrected chi connectivity index (χ0v) is 11.9. The number of imidazole rings is 1. The van der Waals surface area contributed by atoms with Crippen LogP contribution in [0.5, 0.6) is 5.75 Å². The molecule has 4 nitrogen and oxygen atoms in total. The standard InChI is InChI=1S/C13H16BrN3O/c1-8(2)18-10-5-3-9(4-6-10)12(15)13-16-7-11(14)17-13/h3-8,12H,15H2,1-2H3,(H,16,17). The topological polar surface area (TPSA) is 63.9 Å². The lowest BCUT2D eigenvalue weighted by molar-refractivity contribution is 0.242. The number of nitrogens with one attached hydrogen (secondary N) is 1. The Morgan fingerprint density at radius 2 is 1.94 bits per heavy atom. The third-order valence-corrected chi connectivity index (χ3v) is 2.87. The quantitative estimate of drug-likeness (QED) is 0.912. The maximum absolute atomic E-state index is 6.13. The van der Waals surface area contributed by atoms with Crippen molar-refractivity contribution < 1.29 is 4.74 Å². The van der Waals surface area contributed by atoms with E-state index in [9.17, 15) is 0 Å². The van der Waals surface area contributed by atoms with Gasteiger partial charge in [-0.1, -0.05) is 12.1 Å². The minimum Gasteiger partial charge on any atom is -0.491 e. The Morgan fingerprint density at radius 1 is 1.28 bits per heavy atom. The molecule has 1 atom stereocenters. The molecule has 0 aliphatic rings. The number of ether oxygens (including phenoxy) is 1. The Balaban J connectivity index is 2.14. The number of nitrogens with two attached hydrogens (primary N) is 1. The smallest absolute Gasteiger partial charge is 0.128 e. The number of hydrogen-bond donors (Lipinski definition) is 2. The monoisotopic (exact) mass is 309 g/mol. The molecule has 1 heterocycles. The fourth-order valence-electron chi connectivity index (χ4n) is 1.65. The molecule has 1 aromatic carbocycles. The Kier molecular flexibility index (Phi) is 4.04. The maximum atomic E-state index is 6.13. The summed E-state index contributed by atoms with van der Waals surface area (Å²) in [5.74, 6) is 1.58. The van der Waals surface area contributed by atoms with Gasteiger partial charge >= 0.3 is 0 Å². The van der Waals surface area contributed by atoms with E-state index in [0.717, 1.165) is 21.7 Å². The van der Waals surface area contributed by atoms with E-state index in [1.807, 2.05) is 38.1 Å². The van der Waals surface area contributed by atoms with Crippen LogP contribution >= 0.6 is 15.9 Å². The summed E-state index contributed by atoms with van der Waals surface area (Å²) in [6.45, 7) is 4.00. The number of nitrogens with zero attached hydrogens (tertiary/aromatic N) is 1. The molecule has 0 amide bonds. The van der Waals surface area contributed by atoms with Crippen molar-refractivity contribution in [2.75, 3.05) is 0 Å². The van der Waals surface area contributed by atoms with E-state index in [1.54, 1.807) is 6.20 Å². The Morgan fingerprint density at radius 3 is 2.44 bits per heavy atom. The molecule has 0 spiro atoms. The summed E-state index contributed by atoms with van der Waals surface area (Å²) in [5, 5.41) is 0. The van der Waals surface area contributed by atoms with Crippen molar-refractivity contribution in [1.82, 2.24) is 9.97 Å². The van der Waals surface area contributed by atoms with Gasteiger partial charge in [0.15, 0.2) is 0 Å². The van der Waals surface area contributed by atoms with E-state index in [1.165, 1.54) is 0 Å². The number of aromatic nitrogens is 2. The van der Waals surface area contributed by atoms with Crippen molar-refractivity contribution in [3.8, 4) is 5.75 Å². The van der Waals surface area contributed by atoms with Crippen LogP contribution in [0.3, 0.4) is 0 Å². The van der Waals surface area contributed by atoms with Gasteiger partial charge in [-0.25, -0.2) is 4.98 Å². The highest BCUT2D eigenvalue weighted by molar-refractivity contribution is 9.10. The van der Waals surface area contributed by atoms with E-state index >= 15 is 0 Å². The zero-order valence-electron chi connectivity index (χ0n) is 10.4. The molecular weight excluding hydrogens is 294 g/mol. The molecule has 18 heavy (non-hydrogen) atoms. The lowest BCUT2D eigenvalue weighted by atomic mass is 10.1. The Labute approximate surface area is 115 Å². The lowest BCUT2D eigenvalue weighted by Gasteiger charge is -2.12. The number of H-pyrrole nitrogens is 1. The third-order valence-electron chi connectivity index (χ3n) is 2.47. The molecule has 1 unspecified atom stereocenters. The van der Waals surface area contributed by atoms with Crippen molar-refractivity contribution in [1.29, 1.82) is 0 Å². The van der Waals surface area contributed by atoms with E-state index in [4.69, 9.17) is 10.5 Å². The van der Waals surface area contributed by atoms with Crippen LogP contribution < -0.4 is 10.5 Å². The van der Waals surface area contributed by atoms with Crippen molar-refractivity contribution in [2.24, 2.45) is 5.73 Å². The highest BCUT2D eigenvalue weighted by atomic mass is 79.9. The van der Waals surface area contributed by atoms with E-state index in [0.29, 0.717) is 0 Å². The SMILES string of the molecule is CC(C)Oc1ccc(C(N)c2ncc(Br)[nH]2)cc1. The highest BCUT2D eigenvalue weighted by Crippen LogP contribution is 2.21. The van der Waals surface area contributed by atoms with Crippen LogP contribution in [0, 0.1) is 0 Å². The van der Waals surface area contributed by atoms with Crippen molar-refractivity contribution >= 4 is 15.9 Å². The number of rotatable bonds is 4. The van der Waals surface area contributed by atoms with Crippen molar-refractivity contribution in [3.63, 3.8) is 0 Å². The number of benzene rings is 1. The molecule has 0 saturated carbocycles. The van der Waals surface area contributed by atoms with Crippen LogP contribution in [-0.4, -0.2) is 16.1 Å². The fourth-order valence-corrected chi connectivity index (χ4v) is 1.96. The molecule has 0 bridgehead atoms. The minimum absolute atomic E-state index is 0.172. The Bertz CT molecular complexity index is 507. The van der Waals surface area contributed by atoms with Gasteiger partial charge in [0, 0.05) is 0 Å². The summed E-state index contributed by atoms with van der Waals surface area (Å²) in [6.07, 6.45) is 1.87. The second-order valence-corrected chi connectivity index (χ2v) is 5.18. The van der Waals surface area contributed by atoms with Crippen molar-refractivity contribution in [2.45, 2.75) is 26.0 Å². The first-order valence-corrected chi connectivity index (χ1v) is 6.58. The average Bonchev–Trinajstić information content (AvgIpc) is 2.75. The van der Waals surface area contributed by atoms with Crippen LogP contribution in [0.2, 0.25) is 0 Å². The molecule has 0 aliphatic carbocycles. The summed E-state index contributed by atoms with van der Waals surface area (Å²) < 4.78 is 6.41. The first-order chi connectivity index (χ1) is 8.56. The molecule has 3 N–H and O–H groups in total. The number of hydrogen-bond acceptors (Lipinski definition) is 3. The molecule has 0 radical (unpaired) electrons. The second kappa shape index (κ2) is 5.54. The van der Waals surface area contributed by atoms with Gasteiger partial charge in [-0.3, -0.25) is 0 Å². The number of aromatic amines is 1. The maximum Gasteiger partial charge on any atom is 0.128 e. The molecule has 1 aromatic heterocycles. The first-order valence-electron chi connectivity index (χ1n) is 5.79. The van der Waals surface area contributed by atoms with Gasteiger partial charge < -0.3 is 15.5 Å². The van der Waals surface area contributed by atoms with Gasteiger partial charge in [0.2, 0.25) is 0 Å². The van der Waals surface area contributed by atoms with Crippen molar-refractivity contribution in [3.05, 3.63) is 46.5 Å². The van der Waals surface area contributed by atoms with Gasteiger partial charge in [0.1, 0.15) is 16.2 Å². The third kappa shape index (κ3) is 3.11. The highest BCUT2D eigenvalue weighted by Gasteiger charge is 2.12. The van der Waals surface area contributed by atoms with Gasteiger partial charge in [0.25, 0.3) is 0 Å². The van der Waals surface area contributed by atoms with E-state index < -0.39 is 0 Å². The second-order valence-electron chi connectivity index (χ2n) is 4.33. The van der Waals surface area contributed by atoms with E-state index in [-0.39, 0.29) is 12.1 Å². The predicted octanol–water partition coefficient (Wildman–Crippen LogP) is 3.01. The minimum atomic E-state index is -0.260. The summed E-state index contributed by atoms with van der Waals surface area (Å²) in [7, 11) is 0.